The number of aryl methyl sites for hydroxylation is 1. The summed E-state index contributed by atoms with van der Waals surface area (Å²) in [6, 6.07) is 18.2. The van der Waals surface area contributed by atoms with Crippen molar-refractivity contribution in [2.75, 3.05) is 20.8 Å². The number of benzene rings is 3. The number of nitrogens with zero attached hydrogens (tertiary/aromatic N) is 1. The zero-order valence-electron chi connectivity index (χ0n) is 24.5. The van der Waals surface area contributed by atoms with Gasteiger partial charge in [0.05, 0.1) is 32.8 Å². The van der Waals surface area contributed by atoms with Crippen molar-refractivity contribution in [2.45, 2.75) is 39.5 Å². The van der Waals surface area contributed by atoms with Gasteiger partial charge in [-0.25, -0.2) is 0 Å². The zero-order chi connectivity index (χ0) is 30.3. The van der Waals surface area contributed by atoms with E-state index in [1.165, 1.54) is 14.2 Å². The third-order valence-electron chi connectivity index (χ3n) is 8.07. The van der Waals surface area contributed by atoms with Crippen molar-refractivity contribution in [3.8, 4) is 5.75 Å². The Bertz CT molecular complexity index is 1760. The first kappa shape index (κ1) is 29.1. The summed E-state index contributed by atoms with van der Waals surface area (Å²) < 4.78 is 18.1. The summed E-state index contributed by atoms with van der Waals surface area (Å²) in [6.07, 6.45) is -0.0445. The van der Waals surface area contributed by atoms with E-state index < -0.39 is 17.4 Å². The summed E-state index contributed by atoms with van der Waals surface area (Å²) in [7, 11) is 2.86. The Kier molecular flexibility index (Phi) is 7.73. The summed E-state index contributed by atoms with van der Waals surface area (Å²) in [5, 5.41) is 1.16. The first-order chi connectivity index (χ1) is 20.1. The summed E-state index contributed by atoms with van der Waals surface area (Å²) in [6.45, 7) is 7.69. The van der Waals surface area contributed by atoms with E-state index in [-0.39, 0.29) is 18.9 Å². The Labute approximate surface area is 249 Å². The van der Waals surface area contributed by atoms with Crippen LogP contribution < -0.4 is 4.74 Å². The van der Waals surface area contributed by atoms with Gasteiger partial charge >= 0.3 is 11.9 Å². The molecule has 1 aliphatic carbocycles. The average Bonchev–Trinajstić information content (AvgIpc) is 3.52. The van der Waals surface area contributed by atoms with Gasteiger partial charge in [0, 0.05) is 27.2 Å². The van der Waals surface area contributed by atoms with E-state index in [9.17, 15) is 14.4 Å². The number of carbonyl (C=O) groups excluding carboxylic acids is 3. The minimum absolute atomic E-state index is 0.0445. The topological polar surface area (TPSA) is 83.8 Å². The molecular formula is C34H32ClNO6. The molecule has 3 aromatic carbocycles. The highest BCUT2D eigenvalue weighted by atomic mass is 35.5. The fourth-order valence-electron chi connectivity index (χ4n) is 5.89. The number of hydrogen-bond donors (Lipinski definition) is 0. The van der Waals surface area contributed by atoms with Crippen LogP contribution in [0.3, 0.4) is 0 Å². The number of rotatable bonds is 8. The molecule has 0 N–H and O–H groups in total. The van der Waals surface area contributed by atoms with Crippen molar-refractivity contribution in [1.82, 2.24) is 4.57 Å². The largest absolute Gasteiger partial charge is 0.496 e. The van der Waals surface area contributed by atoms with E-state index in [4.69, 9.17) is 25.8 Å². The Hall–Kier alpha value is -4.36. The summed E-state index contributed by atoms with van der Waals surface area (Å²) in [4.78, 5) is 40.3. The number of carbonyl (C=O) groups is 3. The van der Waals surface area contributed by atoms with Crippen molar-refractivity contribution < 1.29 is 28.6 Å². The molecule has 7 nitrogen and oxygen atoms in total. The molecule has 1 unspecified atom stereocenters. The maximum absolute atomic E-state index is 14.0. The number of fused-ring (bicyclic) bond motifs is 1. The van der Waals surface area contributed by atoms with Crippen LogP contribution >= 0.6 is 11.6 Å². The van der Waals surface area contributed by atoms with Crippen molar-refractivity contribution >= 4 is 45.9 Å². The first-order valence-electron chi connectivity index (χ1n) is 13.7. The lowest BCUT2D eigenvalue weighted by Crippen LogP contribution is -2.29. The average molecular weight is 586 g/mol. The first-order valence-corrected chi connectivity index (χ1v) is 14.0. The van der Waals surface area contributed by atoms with E-state index in [1.807, 2.05) is 44.2 Å². The molecule has 0 saturated carbocycles. The van der Waals surface area contributed by atoms with E-state index in [0.717, 1.165) is 22.3 Å². The van der Waals surface area contributed by atoms with Gasteiger partial charge < -0.3 is 14.2 Å². The summed E-state index contributed by atoms with van der Waals surface area (Å²) >= 11 is 6.09. The van der Waals surface area contributed by atoms with Crippen molar-refractivity contribution in [3.63, 3.8) is 0 Å². The smallest absolute Gasteiger partial charge is 0.325 e. The van der Waals surface area contributed by atoms with Crippen molar-refractivity contribution in [1.29, 1.82) is 0 Å². The molecule has 1 heterocycles. The number of aromatic nitrogens is 1. The lowest BCUT2D eigenvalue weighted by atomic mass is 9.84. The van der Waals surface area contributed by atoms with E-state index in [1.54, 1.807) is 48.7 Å². The van der Waals surface area contributed by atoms with Gasteiger partial charge in [0.1, 0.15) is 11.2 Å². The standard InChI is InChI=1S/C34H32ClNO6/c1-7-42-33(39)34(20(3)31(34)22-10-8-19(2)9-11-22)27-18-28-26(16-29(27)40-5)25(17-30(37)41-6)21(4)36(28)32(38)23-12-14-24(35)15-13-23/h8-16,18H,7,17H2,1-6H3. The number of hydrogen-bond acceptors (Lipinski definition) is 6. The molecule has 0 radical (unpaired) electrons. The summed E-state index contributed by atoms with van der Waals surface area (Å²) in [5.41, 5.74) is 5.23. The zero-order valence-corrected chi connectivity index (χ0v) is 25.2. The van der Waals surface area contributed by atoms with Crippen LogP contribution in [0, 0.1) is 13.8 Å². The maximum Gasteiger partial charge on any atom is 0.325 e. The second kappa shape index (κ2) is 11.1. The van der Waals surface area contributed by atoms with Gasteiger partial charge in [0.25, 0.3) is 5.91 Å². The van der Waals surface area contributed by atoms with Crippen LogP contribution in [-0.4, -0.2) is 43.2 Å². The Morgan fingerprint density at radius 1 is 0.929 bits per heavy atom. The van der Waals surface area contributed by atoms with Crippen LogP contribution in [0.25, 0.3) is 16.5 Å². The minimum atomic E-state index is -1.19. The lowest BCUT2D eigenvalue weighted by Gasteiger charge is -2.22. The molecule has 5 rings (SSSR count). The van der Waals surface area contributed by atoms with Crippen LogP contribution in [0.5, 0.6) is 5.75 Å². The molecule has 8 heteroatoms. The van der Waals surface area contributed by atoms with E-state index in [2.05, 4.69) is 0 Å². The maximum atomic E-state index is 14.0. The van der Waals surface area contributed by atoms with Gasteiger partial charge in [0.15, 0.2) is 0 Å². The molecule has 0 aliphatic heterocycles. The van der Waals surface area contributed by atoms with Crippen LogP contribution in [0.15, 0.2) is 66.2 Å². The molecule has 42 heavy (non-hydrogen) atoms. The molecule has 1 aliphatic rings. The molecule has 1 aromatic heterocycles. The highest BCUT2D eigenvalue weighted by molar-refractivity contribution is 6.30. The van der Waals surface area contributed by atoms with Crippen LogP contribution in [0.2, 0.25) is 5.02 Å². The van der Waals surface area contributed by atoms with Crippen LogP contribution in [0.4, 0.5) is 0 Å². The summed E-state index contributed by atoms with van der Waals surface area (Å²) in [5.74, 6) is -0.710. The van der Waals surface area contributed by atoms with Crippen molar-refractivity contribution in [2.24, 2.45) is 0 Å². The molecule has 216 valence electrons. The molecule has 1 atom stereocenters. The number of methoxy groups -OCH3 is 2. The molecule has 0 fully saturated rings. The highest BCUT2D eigenvalue weighted by Gasteiger charge is 2.61. The van der Waals surface area contributed by atoms with Crippen molar-refractivity contribution in [3.05, 3.63) is 105 Å². The molecule has 0 spiro atoms. The van der Waals surface area contributed by atoms with Gasteiger partial charge in [-0.15, -0.1) is 0 Å². The van der Waals surface area contributed by atoms with Gasteiger partial charge in [-0.2, -0.15) is 0 Å². The lowest BCUT2D eigenvalue weighted by molar-refractivity contribution is -0.145. The quantitative estimate of drug-likeness (QED) is 0.216. The molecule has 0 amide bonds. The third kappa shape index (κ3) is 4.58. The van der Waals surface area contributed by atoms with Gasteiger partial charge in [0.2, 0.25) is 0 Å². The highest BCUT2D eigenvalue weighted by Crippen LogP contribution is 2.62. The second-order valence-corrected chi connectivity index (χ2v) is 10.8. The Morgan fingerprint density at radius 2 is 1.60 bits per heavy atom. The normalized spacial score (nSPS) is 16.0. The minimum Gasteiger partial charge on any atom is -0.496 e. The molecule has 0 bridgehead atoms. The van der Waals surface area contributed by atoms with Gasteiger partial charge in [-0.3, -0.25) is 19.0 Å². The molecule has 0 saturated heterocycles. The molecular weight excluding hydrogens is 554 g/mol. The predicted octanol–water partition coefficient (Wildman–Crippen LogP) is 6.61. The SMILES string of the molecule is CCOC(=O)C1(c2cc3c(cc2OC)c(CC(=O)OC)c(C)n3C(=O)c2ccc(Cl)cc2)C(C)=C1c1ccc(C)cc1. The fraction of sp³-hybridized carbons (Fsp3) is 0.265. The number of ether oxygens (including phenoxy) is 3. The Balaban J connectivity index is 1.79. The monoisotopic (exact) mass is 585 g/mol. The predicted molar refractivity (Wildman–Crippen MR) is 162 cm³/mol. The Morgan fingerprint density at radius 3 is 2.19 bits per heavy atom. The third-order valence-corrected chi connectivity index (χ3v) is 8.33. The van der Waals surface area contributed by atoms with Gasteiger partial charge in [-0.1, -0.05) is 41.4 Å². The van der Waals surface area contributed by atoms with Crippen LogP contribution in [-0.2, 0) is 30.9 Å². The number of halogens is 1. The molecule has 4 aromatic rings. The fourth-order valence-corrected chi connectivity index (χ4v) is 6.02. The van der Waals surface area contributed by atoms with E-state index >= 15 is 0 Å². The van der Waals surface area contributed by atoms with Crippen LogP contribution in [0.1, 0.15) is 52.2 Å². The number of esters is 2. The van der Waals surface area contributed by atoms with Gasteiger partial charge in [-0.05, 0) is 86.4 Å². The van der Waals surface area contributed by atoms with E-state index in [0.29, 0.717) is 44.1 Å². The second-order valence-electron chi connectivity index (χ2n) is 10.4.